The topological polar surface area (TPSA) is 104 Å². The van der Waals surface area contributed by atoms with Gasteiger partial charge in [0, 0.05) is 18.0 Å². The van der Waals surface area contributed by atoms with Crippen LogP contribution >= 0.6 is 0 Å². The Bertz CT molecular complexity index is 1540. The zero-order valence-electron chi connectivity index (χ0n) is 21.1. The third-order valence-corrected chi connectivity index (χ3v) is 7.74. The van der Waals surface area contributed by atoms with E-state index in [0.717, 1.165) is 16.7 Å². The summed E-state index contributed by atoms with van der Waals surface area (Å²) in [6.07, 6.45) is 2.83. The van der Waals surface area contributed by atoms with Gasteiger partial charge in [-0.3, -0.25) is 9.78 Å². The van der Waals surface area contributed by atoms with Gasteiger partial charge in [0.1, 0.15) is 17.2 Å². The summed E-state index contributed by atoms with van der Waals surface area (Å²) in [4.78, 5) is 16.5. The summed E-state index contributed by atoms with van der Waals surface area (Å²) >= 11 is 0. The van der Waals surface area contributed by atoms with Crippen LogP contribution in [0, 0.1) is 11.8 Å². The van der Waals surface area contributed by atoms with Crippen LogP contribution in [-0.4, -0.2) is 29.3 Å². The van der Waals surface area contributed by atoms with Gasteiger partial charge in [-0.2, -0.15) is 4.36 Å². The lowest BCUT2D eigenvalue weighted by atomic mass is 10.1. The molecule has 38 heavy (non-hydrogen) atoms. The van der Waals surface area contributed by atoms with E-state index in [1.54, 1.807) is 38.5 Å². The Morgan fingerprint density at radius 3 is 1.89 bits per heavy atom. The van der Waals surface area contributed by atoms with Crippen molar-refractivity contribution in [3.05, 3.63) is 119 Å². The summed E-state index contributed by atoms with van der Waals surface area (Å²) in [6.45, 7) is 0. The van der Waals surface area contributed by atoms with Crippen molar-refractivity contribution in [2.75, 3.05) is 14.2 Å². The third kappa shape index (κ3) is 6.78. The lowest BCUT2D eigenvalue weighted by Crippen LogP contribution is -2.13. The minimum absolute atomic E-state index is 0.0575. The lowest BCUT2D eigenvalue weighted by Gasteiger charge is -2.14. The molecule has 0 aliphatic carbocycles. The number of amides is 1. The summed E-state index contributed by atoms with van der Waals surface area (Å²) < 4.78 is 29.8. The number of primary amides is 1. The summed E-state index contributed by atoms with van der Waals surface area (Å²) in [5.74, 6) is 7.01. The molecule has 1 aromatic heterocycles. The van der Waals surface area contributed by atoms with E-state index in [0.29, 0.717) is 17.1 Å². The SMILES string of the molecule is COc1ccc(CS(=O)(Cc2ccc(OC)cc2)=Nc2c(C#Cc3ccccc3)cncc2C(N)=O)cc1. The first-order valence-corrected chi connectivity index (χ1v) is 13.6. The van der Waals surface area contributed by atoms with Crippen LogP contribution in [0.2, 0.25) is 0 Å². The minimum Gasteiger partial charge on any atom is -0.497 e. The van der Waals surface area contributed by atoms with Gasteiger partial charge < -0.3 is 15.2 Å². The van der Waals surface area contributed by atoms with Crippen LogP contribution in [0.5, 0.6) is 11.5 Å². The quantitative estimate of drug-likeness (QED) is 0.323. The number of aromatic nitrogens is 1. The molecule has 0 saturated carbocycles. The maximum atomic E-state index is 14.6. The van der Waals surface area contributed by atoms with Crippen LogP contribution < -0.4 is 15.2 Å². The van der Waals surface area contributed by atoms with Gasteiger partial charge in [0.05, 0.1) is 46.6 Å². The first-order chi connectivity index (χ1) is 18.4. The smallest absolute Gasteiger partial charge is 0.252 e. The number of carbonyl (C=O) groups excluding carboxylic acids is 1. The van der Waals surface area contributed by atoms with Crippen LogP contribution in [0.4, 0.5) is 5.69 Å². The molecule has 1 amide bonds. The molecule has 192 valence electrons. The van der Waals surface area contributed by atoms with Crippen LogP contribution in [0.3, 0.4) is 0 Å². The van der Waals surface area contributed by atoms with E-state index in [1.807, 2.05) is 54.6 Å². The molecule has 0 atom stereocenters. The molecule has 4 rings (SSSR count). The molecule has 0 unspecified atom stereocenters. The predicted octanol–water partition coefficient (Wildman–Crippen LogP) is 5.10. The molecule has 1 heterocycles. The number of hydrogen-bond acceptors (Lipinski definition) is 6. The number of methoxy groups -OCH3 is 2. The maximum Gasteiger partial charge on any atom is 0.252 e. The van der Waals surface area contributed by atoms with E-state index < -0.39 is 15.6 Å². The van der Waals surface area contributed by atoms with E-state index in [-0.39, 0.29) is 22.8 Å². The molecule has 7 nitrogen and oxygen atoms in total. The Morgan fingerprint density at radius 2 is 1.39 bits per heavy atom. The molecule has 3 aromatic carbocycles. The van der Waals surface area contributed by atoms with Crippen LogP contribution in [0.25, 0.3) is 0 Å². The predicted molar refractivity (Wildman–Crippen MR) is 149 cm³/mol. The van der Waals surface area contributed by atoms with Crippen LogP contribution in [0.15, 0.2) is 95.6 Å². The maximum absolute atomic E-state index is 14.6. The van der Waals surface area contributed by atoms with Gasteiger partial charge in [0.2, 0.25) is 0 Å². The van der Waals surface area contributed by atoms with Gasteiger partial charge in [0.25, 0.3) is 5.91 Å². The van der Waals surface area contributed by atoms with Crippen molar-refractivity contribution in [2.24, 2.45) is 10.1 Å². The monoisotopic (exact) mass is 525 g/mol. The second-order valence-electron chi connectivity index (χ2n) is 8.41. The highest BCUT2D eigenvalue weighted by Crippen LogP contribution is 2.28. The van der Waals surface area contributed by atoms with Crippen molar-refractivity contribution in [2.45, 2.75) is 11.5 Å². The summed E-state index contributed by atoms with van der Waals surface area (Å²) in [5, 5.41) is 0. The van der Waals surface area contributed by atoms with Gasteiger partial charge in [0.15, 0.2) is 0 Å². The number of nitrogens with two attached hydrogens (primary N) is 1. The Hall–Kier alpha value is -4.61. The Labute approximate surface area is 222 Å². The van der Waals surface area contributed by atoms with Crippen LogP contribution in [-0.2, 0) is 21.2 Å². The highest BCUT2D eigenvalue weighted by molar-refractivity contribution is 7.92. The summed E-state index contributed by atoms with van der Waals surface area (Å²) in [6, 6.07) is 24.0. The average Bonchev–Trinajstić information content (AvgIpc) is 2.93. The van der Waals surface area contributed by atoms with Gasteiger partial charge in [-0.05, 0) is 47.5 Å². The van der Waals surface area contributed by atoms with E-state index in [4.69, 9.17) is 19.6 Å². The number of nitrogens with zero attached hydrogens (tertiary/aromatic N) is 2. The zero-order valence-corrected chi connectivity index (χ0v) is 21.9. The lowest BCUT2D eigenvalue weighted by molar-refractivity contribution is 0.100. The fourth-order valence-electron chi connectivity index (χ4n) is 3.73. The molecule has 8 heteroatoms. The van der Waals surface area contributed by atoms with Gasteiger partial charge in [-0.1, -0.05) is 54.3 Å². The number of hydrogen-bond donors (Lipinski definition) is 1. The molecule has 4 aromatic rings. The molecular weight excluding hydrogens is 498 g/mol. The molecule has 0 bridgehead atoms. The Balaban J connectivity index is 1.86. The molecule has 0 radical (unpaired) electrons. The molecule has 0 spiro atoms. The Morgan fingerprint density at radius 1 is 0.842 bits per heavy atom. The molecule has 0 aliphatic heterocycles. The fourth-order valence-corrected chi connectivity index (χ4v) is 5.92. The number of benzene rings is 3. The normalized spacial score (nSPS) is 10.7. The Kier molecular flexibility index (Phi) is 8.41. The van der Waals surface area contributed by atoms with E-state index in [9.17, 15) is 9.00 Å². The first kappa shape index (κ1) is 26.5. The van der Waals surface area contributed by atoms with Gasteiger partial charge >= 0.3 is 0 Å². The summed E-state index contributed by atoms with van der Waals surface area (Å²) in [5.41, 5.74) is 8.65. The van der Waals surface area contributed by atoms with Crippen LogP contribution in [0.1, 0.15) is 32.6 Å². The largest absolute Gasteiger partial charge is 0.497 e. The molecule has 0 fully saturated rings. The van der Waals surface area contributed by atoms with Crippen molar-refractivity contribution in [3.8, 4) is 23.3 Å². The van der Waals surface area contributed by atoms with E-state index in [1.165, 1.54) is 12.4 Å². The molecule has 2 N–H and O–H groups in total. The standard InChI is InChI=1S/C30H27N3O4S/c1-36-26-14-9-23(10-15-26)20-38(35,21-24-11-16-27(37-2)17-12-24)33-29-25(18-32-19-28(29)30(31)34)13-8-22-6-4-3-5-7-22/h3-7,9-12,14-19H,20-21H2,1-2H3,(H2,31,34). The second kappa shape index (κ2) is 12.1. The van der Waals surface area contributed by atoms with Crippen molar-refractivity contribution < 1.29 is 18.5 Å². The van der Waals surface area contributed by atoms with Gasteiger partial charge in [-0.15, -0.1) is 0 Å². The number of pyridine rings is 1. The second-order valence-corrected chi connectivity index (χ2v) is 10.7. The number of ether oxygens (including phenoxy) is 2. The van der Waals surface area contributed by atoms with Gasteiger partial charge in [-0.25, -0.2) is 4.21 Å². The van der Waals surface area contributed by atoms with E-state index >= 15 is 0 Å². The average molecular weight is 526 g/mol. The fraction of sp³-hybridized carbons (Fsp3) is 0.133. The number of carbonyl (C=O) groups is 1. The number of rotatable bonds is 8. The van der Waals surface area contributed by atoms with E-state index in [2.05, 4.69) is 16.8 Å². The molecule has 0 saturated heterocycles. The summed E-state index contributed by atoms with van der Waals surface area (Å²) in [7, 11) is 0.166. The first-order valence-electron chi connectivity index (χ1n) is 11.7. The minimum atomic E-state index is -3.01. The van der Waals surface area contributed by atoms with Crippen molar-refractivity contribution in [3.63, 3.8) is 0 Å². The highest BCUT2D eigenvalue weighted by Gasteiger charge is 2.19. The third-order valence-electron chi connectivity index (χ3n) is 5.66. The van der Waals surface area contributed by atoms with Crippen molar-refractivity contribution in [1.82, 2.24) is 4.98 Å². The highest BCUT2D eigenvalue weighted by atomic mass is 32.2. The molecule has 0 aliphatic rings. The zero-order chi connectivity index (χ0) is 27.0. The molecular formula is C30H27N3O4S. The van der Waals surface area contributed by atoms with Crippen molar-refractivity contribution >= 4 is 21.3 Å². The van der Waals surface area contributed by atoms with Crippen molar-refractivity contribution in [1.29, 1.82) is 0 Å².